The van der Waals surface area contributed by atoms with Gasteiger partial charge < -0.3 is 15.0 Å². The summed E-state index contributed by atoms with van der Waals surface area (Å²) in [5.74, 6) is 1.24. The number of amides is 1. The number of nitrogens with zero attached hydrogens (tertiary/aromatic N) is 1. The Balaban J connectivity index is 1.67. The van der Waals surface area contributed by atoms with Gasteiger partial charge in [-0.1, -0.05) is 48.5 Å². The van der Waals surface area contributed by atoms with Crippen LogP contribution in [0.4, 0.5) is 11.4 Å². The summed E-state index contributed by atoms with van der Waals surface area (Å²) in [7, 11) is 1.89. The average Bonchev–Trinajstić information content (AvgIpc) is 2.65. The molecule has 1 N–H and O–H groups in total. The van der Waals surface area contributed by atoms with Crippen LogP contribution in [0.3, 0.4) is 0 Å². The van der Waals surface area contributed by atoms with Crippen molar-refractivity contribution in [3.63, 3.8) is 0 Å². The molecule has 0 fully saturated rings. The molecule has 0 saturated carbocycles. The van der Waals surface area contributed by atoms with Crippen LogP contribution in [0.25, 0.3) is 0 Å². The summed E-state index contributed by atoms with van der Waals surface area (Å²) in [4.78, 5) is 14.3. The molecule has 3 aromatic carbocycles. The highest BCUT2D eigenvalue weighted by Gasteiger charge is 2.11. The number of benzene rings is 3. The Morgan fingerprint density at radius 3 is 2.20 bits per heavy atom. The van der Waals surface area contributed by atoms with Gasteiger partial charge in [-0.2, -0.15) is 0 Å². The summed E-state index contributed by atoms with van der Waals surface area (Å²) in [6.45, 7) is 0.254. The molecular formula is C21H20N2O2. The minimum absolute atomic E-state index is 0.101. The zero-order valence-electron chi connectivity index (χ0n) is 14.1. The largest absolute Gasteiger partial charge is 0.455 e. The van der Waals surface area contributed by atoms with Gasteiger partial charge in [-0.05, 0) is 36.4 Å². The molecule has 0 bridgehead atoms. The summed E-state index contributed by atoms with van der Waals surface area (Å²) in [6, 6.07) is 26.7. The van der Waals surface area contributed by atoms with E-state index in [1.807, 2.05) is 96.9 Å². The predicted molar refractivity (Wildman–Crippen MR) is 101 cm³/mol. The van der Waals surface area contributed by atoms with Crippen molar-refractivity contribution in [2.45, 2.75) is 0 Å². The van der Waals surface area contributed by atoms with Crippen LogP contribution in [-0.2, 0) is 4.79 Å². The highest BCUT2D eigenvalue weighted by Crippen LogP contribution is 2.29. The number of hydrogen-bond donors (Lipinski definition) is 1. The molecule has 126 valence electrons. The molecule has 0 unspecified atom stereocenters. The molecule has 1 amide bonds. The van der Waals surface area contributed by atoms with Crippen molar-refractivity contribution < 1.29 is 9.53 Å². The Labute approximate surface area is 147 Å². The van der Waals surface area contributed by atoms with E-state index in [1.165, 1.54) is 0 Å². The second kappa shape index (κ2) is 8.02. The average molecular weight is 332 g/mol. The van der Waals surface area contributed by atoms with Gasteiger partial charge in [0.15, 0.2) is 5.75 Å². The Morgan fingerprint density at radius 2 is 1.48 bits per heavy atom. The monoisotopic (exact) mass is 332 g/mol. The zero-order chi connectivity index (χ0) is 17.5. The van der Waals surface area contributed by atoms with E-state index in [0.717, 1.165) is 11.4 Å². The first kappa shape index (κ1) is 16.6. The molecule has 4 nitrogen and oxygen atoms in total. The van der Waals surface area contributed by atoms with Crippen LogP contribution in [0.2, 0.25) is 0 Å². The van der Waals surface area contributed by atoms with E-state index in [2.05, 4.69) is 5.32 Å². The van der Waals surface area contributed by atoms with E-state index in [4.69, 9.17) is 4.74 Å². The van der Waals surface area contributed by atoms with Crippen LogP contribution in [-0.4, -0.2) is 19.5 Å². The molecule has 0 radical (unpaired) electrons. The van der Waals surface area contributed by atoms with Gasteiger partial charge in [0.05, 0.1) is 12.2 Å². The van der Waals surface area contributed by atoms with Crippen molar-refractivity contribution in [1.82, 2.24) is 0 Å². The van der Waals surface area contributed by atoms with E-state index in [9.17, 15) is 4.79 Å². The van der Waals surface area contributed by atoms with Crippen LogP contribution in [0, 0.1) is 0 Å². The van der Waals surface area contributed by atoms with E-state index >= 15 is 0 Å². The predicted octanol–water partition coefficient (Wildman–Crippen LogP) is 4.55. The third-order valence-electron chi connectivity index (χ3n) is 3.71. The van der Waals surface area contributed by atoms with Crippen LogP contribution in [0.5, 0.6) is 11.5 Å². The number of likely N-dealkylation sites (N-methyl/N-ethyl adjacent to an activating group) is 1. The number of ether oxygens (including phenoxy) is 1. The molecule has 0 heterocycles. The first-order chi connectivity index (χ1) is 12.2. The highest BCUT2D eigenvalue weighted by atomic mass is 16.5. The second-order valence-electron chi connectivity index (χ2n) is 5.65. The lowest BCUT2D eigenvalue weighted by atomic mass is 10.2. The van der Waals surface area contributed by atoms with Crippen LogP contribution in [0.15, 0.2) is 84.9 Å². The maximum Gasteiger partial charge on any atom is 0.243 e. The topological polar surface area (TPSA) is 41.6 Å². The molecule has 0 aliphatic rings. The second-order valence-corrected chi connectivity index (χ2v) is 5.65. The maximum atomic E-state index is 12.4. The molecule has 0 aromatic heterocycles. The van der Waals surface area contributed by atoms with Crippen molar-refractivity contribution >= 4 is 17.3 Å². The SMILES string of the molecule is CN(CC(=O)Nc1ccccc1Oc1ccccc1)c1ccccc1. The van der Waals surface area contributed by atoms with Crippen LogP contribution in [0.1, 0.15) is 0 Å². The third kappa shape index (κ3) is 4.61. The van der Waals surface area contributed by atoms with Gasteiger partial charge in [-0.25, -0.2) is 0 Å². The van der Waals surface area contributed by atoms with E-state index < -0.39 is 0 Å². The summed E-state index contributed by atoms with van der Waals surface area (Å²) < 4.78 is 5.87. The first-order valence-corrected chi connectivity index (χ1v) is 8.10. The zero-order valence-corrected chi connectivity index (χ0v) is 14.1. The van der Waals surface area contributed by atoms with Gasteiger partial charge in [-0.15, -0.1) is 0 Å². The number of nitrogens with one attached hydrogen (secondary N) is 1. The van der Waals surface area contributed by atoms with Crippen molar-refractivity contribution in [2.24, 2.45) is 0 Å². The van der Waals surface area contributed by atoms with Gasteiger partial charge in [0.1, 0.15) is 5.75 Å². The lowest BCUT2D eigenvalue weighted by molar-refractivity contribution is -0.114. The number of anilines is 2. The van der Waals surface area contributed by atoms with Gasteiger partial charge in [0.25, 0.3) is 0 Å². The number of rotatable bonds is 6. The van der Waals surface area contributed by atoms with Crippen molar-refractivity contribution in [3.05, 3.63) is 84.9 Å². The van der Waals surface area contributed by atoms with Crippen molar-refractivity contribution in [1.29, 1.82) is 0 Å². The molecule has 3 rings (SSSR count). The van der Waals surface area contributed by atoms with E-state index in [-0.39, 0.29) is 12.5 Å². The lowest BCUT2D eigenvalue weighted by Crippen LogP contribution is -2.30. The fraction of sp³-hybridized carbons (Fsp3) is 0.0952. The normalized spacial score (nSPS) is 10.1. The smallest absolute Gasteiger partial charge is 0.243 e. The Morgan fingerprint density at radius 1 is 0.880 bits per heavy atom. The molecule has 0 atom stereocenters. The Kier molecular flexibility index (Phi) is 5.32. The molecule has 0 spiro atoms. The molecule has 0 saturated heterocycles. The summed E-state index contributed by atoms with van der Waals surface area (Å²) in [5.41, 5.74) is 1.64. The molecule has 4 heteroatoms. The fourth-order valence-electron chi connectivity index (χ4n) is 2.45. The lowest BCUT2D eigenvalue weighted by Gasteiger charge is -2.19. The molecule has 0 aliphatic carbocycles. The van der Waals surface area contributed by atoms with Gasteiger partial charge in [0, 0.05) is 12.7 Å². The highest BCUT2D eigenvalue weighted by molar-refractivity contribution is 5.95. The Bertz CT molecular complexity index is 820. The molecule has 0 aliphatic heterocycles. The quantitative estimate of drug-likeness (QED) is 0.720. The van der Waals surface area contributed by atoms with Crippen molar-refractivity contribution in [3.8, 4) is 11.5 Å². The molecule has 3 aromatic rings. The van der Waals surface area contributed by atoms with Crippen LogP contribution >= 0.6 is 0 Å². The van der Waals surface area contributed by atoms with E-state index in [0.29, 0.717) is 11.4 Å². The first-order valence-electron chi connectivity index (χ1n) is 8.10. The summed E-state index contributed by atoms with van der Waals surface area (Å²) in [6.07, 6.45) is 0. The van der Waals surface area contributed by atoms with E-state index in [1.54, 1.807) is 0 Å². The summed E-state index contributed by atoms with van der Waals surface area (Å²) >= 11 is 0. The number of carbonyl (C=O) groups is 1. The van der Waals surface area contributed by atoms with Gasteiger partial charge in [-0.3, -0.25) is 4.79 Å². The number of hydrogen-bond acceptors (Lipinski definition) is 3. The number of carbonyl (C=O) groups excluding carboxylic acids is 1. The Hall–Kier alpha value is -3.27. The minimum atomic E-state index is -0.101. The van der Waals surface area contributed by atoms with Gasteiger partial charge in [0.2, 0.25) is 5.91 Å². The summed E-state index contributed by atoms with van der Waals surface area (Å²) in [5, 5.41) is 2.93. The standard InChI is InChI=1S/C21H20N2O2/c1-23(17-10-4-2-5-11-17)16-21(24)22-19-14-8-9-15-20(19)25-18-12-6-3-7-13-18/h2-15H,16H2,1H3,(H,22,24). The molecule has 25 heavy (non-hydrogen) atoms. The van der Waals surface area contributed by atoms with Crippen LogP contribution < -0.4 is 15.0 Å². The van der Waals surface area contributed by atoms with Crippen molar-refractivity contribution in [2.75, 3.05) is 23.8 Å². The maximum absolute atomic E-state index is 12.4. The number of para-hydroxylation sites is 4. The minimum Gasteiger partial charge on any atom is -0.455 e. The van der Waals surface area contributed by atoms with Gasteiger partial charge >= 0.3 is 0 Å². The molecular weight excluding hydrogens is 312 g/mol. The third-order valence-corrected chi connectivity index (χ3v) is 3.71. The fourth-order valence-corrected chi connectivity index (χ4v) is 2.45.